The Labute approximate surface area is 151 Å². The van der Waals surface area contributed by atoms with Gasteiger partial charge in [-0.25, -0.2) is 0 Å². The predicted octanol–water partition coefficient (Wildman–Crippen LogP) is 1.46. The Morgan fingerprint density at radius 2 is 2.23 bits per heavy atom. The van der Waals surface area contributed by atoms with Gasteiger partial charge in [0.1, 0.15) is 6.54 Å². The van der Waals surface area contributed by atoms with Gasteiger partial charge in [0.05, 0.1) is 18.3 Å². The number of likely N-dealkylation sites (N-methyl/N-ethyl adjacent to an activating group) is 1. The van der Waals surface area contributed by atoms with E-state index in [1.165, 1.54) is 0 Å². The van der Waals surface area contributed by atoms with Gasteiger partial charge in [-0.3, -0.25) is 14.4 Å². The van der Waals surface area contributed by atoms with Crippen LogP contribution in [0, 0.1) is 6.92 Å². The van der Waals surface area contributed by atoms with Gasteiger partial charge in [0.2, 0.25) is 11.8 Å². The number of carbonyl (C=O) groups is 1. The van der Waals surface area contributed by atoms with Crippen molar-refractivity contribution < 1.29 is 9.32 Å². The molecule has 0 radical (unpaired) electrons. The fourth-order valence-corrected chi connectivity index (χ4v) is 3.47. The van der Waals surface area contributed by atoms with Crippen LogP contribution in [0.25, 0.3) is 10.9 Å². The number of nitrogens with zero attached hydrogens (tertiary/aromatic N) is 6. The van der Waals surface area contributed by atoms with Gasteiger partial charge in [0.15, 0.2) is 5.82 Å². The molecule has 1 saturated heterocycles. The zero-order valence-electron chi connectivity index (χ0n) is 15.0. The van der Waals surface area contributed by atoms with Crippen LogP contribution in [0.3, 0.4) is 0 Å². The number of benzene rings is 1. The third-order valence-corrected chi connectivity index (χ3v) is 4.94. The number of rotatable bonds is 5. The Hall–Kier alpha value is -2.74. The predicted molar refractivity (Wildman–Crippen MR) is 95.2 cm³/mol. The normalized spacial score (nSPS) is 17.5. The number of likely N-dealkylation sites (tertiary alicyclic amines) is 1. The lowest BCUT2D eigenvalue weighted by molar-refractivity contribution is -0.131. The summed E-state index contributed by atoms with van der Waals surface area (Å²) in [6.07, 6.45) is 2.75. The Morgan fingerprint density at radius 1 is 1.38 bits per heavy atom. The van der Waals surface area contributed by atoms with Crippen LogP contribution in [0.2, 0.25) is 0 Å². The van der Waals surface area contributed by atoms with Crippen molar-refractivity contribution in [3.05, 3.63) is 42.2 Å². The molecular formula is C18H22N6O2. The summed E-state index contributed by atoms with van der Waals surface area (Å²) < 4.78 is 6.79. The van der Waals surface area contributed by atoms with E-state index in [2.05, 4.69) is 20.1 Å². The molecule has 0 aliphatic carbocycles. The topological polar surface area (TPSA) is 80.3 Å². The van der Waals surface area contributed by atoms with Gasteiger partial charge in [-0.2, -0.15) is 10.1 Å². The first-order valence-electron chi connectivity index (χ1n) is 8.78. The second-order valence-corrected chi connectivity index (χ2v) is 6.79. The number of carbonyl (C=O) groups excluding carboxylic acids is 1. The number of fused-ring (bicyclic) bond motifs is 1. The van der Waals surface area contributed by atoms with Crippen molar-refractivity contribution in [2.75, 3.05) is 20.1 Å². The highest BCUT2D eigenvalue weighted by Crippen LogP contribution is 2.18. The largest absolute Gasteiger partial charge is 0.340 e. The average Bonchev–Trinajstić information content (AvgIpc) is 3.35. The third kappa shape index (κ3) is 3.32. The summed E-state index contributed by atoms with van der Waals surface area (Å²) in [6, 6.07) is 8.23. The highest BCUT2D eigenvalue weighted by Gasteiger charge is 2.29. The molecule has 1 aliphatic heterocycles. The maximum atomic E-state index is 12.7. The van der Waals surface area contributed by atoms with Crippen LogP contribution < -0.4 is 0 Å². The number of hydrogen-bond acceptors (Lipinski definition) is 6. The van der Waals surface area contributed by atoms with Gasteiger partial charge in [-0.1, -0.05) is 23.4 Å². The van der Waals surface area contributed by atoms with E-state index >= 15 is 0 Å². The van der Waals surface area contributed by atoms with Crippen molar-refractivity contribution in [3.63, 3.8) is 0 Å². The molecule has 0 spiro atoms. The van der Waals surface area contributed by atoms with E-state index in [-0.39, 0.29) is 12.5 Å². The lowest BCUT2D eigenvalue weighted by Crippen LogP contribution is -2.37. The highest BCUT2D eigenvalue weighted by atomic mass is 16.5. The minimum atomic E-state index is 0.102. The van der Waals surface area contributed by atoms with Crippen molar-refractivity contribution in [1.82, 2.24) is 29.7 Å². The van der Waals surface area contributed by atoms with Gasteiger partial charge in [0.25, 0.3) is 0 Å². The molecule has 136 valence electrons. The van der Waals surface area contributed by atoms with Gasteiger partial charge >= 0.3 is 0 Å². The number of para-hydroxylation sites is 1. The Morgan fingerprint density at radius 3 is 3.04 bits per heavy atom. The SMILES string of the molecule is Cc1nc(CN(C)C2CCN(C(=O)Cn3ncc4ccccc43)C2)no1. The van der Waals surface area contributed by atoms with E-state index in [1.807, 2.05) is 36.2 Å². The minimum Gasteiger partial charge on any atom is -0.340 e. The summed E-state index contributed by atoms with van der Waals surface area (Å²) in [5.41, 5.74) is 0.987. The summed E-state index contributed by atoms with van der Waals surface area (Å²) >= 11 is 0. The lowest BCUT2D eigenvalue weighted by atomic mass is 10.2. The molecule has 1 fully saturated rings. The van der Waals surface area contributed by atoms with Crippen LogP contribution in [0.15, 0.2) is 35.0 Å². The second kappa shape index (κ2) is 6.87. The van der Waals surface area contributed by atoms with E-state index in [1.54, 1.807) is 17.8 Å². The van der Waals surface area contributed by atoms with Crippen molar-refractivity contribution in [2.45, 2.75) is 32.5 Å². The molecule has 1 atom stereocenters. The molecule has 3 aromatic rings. The summed E-state index contributed by atoms with van der Waals surface area (Å²) in [6.45, 7) is 4.15. The van der Waals surface area contributed by atoms with Crippen molar-refractivity contribution >= 4 is 16.8 Å². The van der Waals surface area contributed by atoms with Crippen LogP contribution in [0.5, 0.6) is 0 Å². The lowest BCUT2D eigenvalue weighted by Gasteiger charge is -2.23. The quantitative estimate of drug-likeness (QED) is 0.690. The molecule has 1 aliphatic rings. The number of aryl methyl sites for hydroxylation is 1. The Balaban J connectivity index is 1.36. The van der Waals surface area contributed by atoms with Crippen LogP contribution in [0.4, 0.5) is 0 Å². The van der Waals surface area contributed by atoms with Crippen LogP contribution in [-0.4, -0.2) is 61.8 Å². The van der Waals surface area contributed by atoms with E-state index in [0.29, 0.717) is 30.8 Å². The maximum Gasteiger partial charge on any atom is 0.244 e. The van der Waals surface area contributed by atoms with Gasteiger partial charge in [0, 0.05) is 31.4 Å². The summed E-state index contributed by atoms with van der Waals surface area (Å²) in [7, 11) is 2.03. The number of amides is 1. The minimum absolute atomic E-state index is 0.102. The second-order valence-electron chi connectivity index (χ2n) is 6.79. The number of hydrogen-bond donors (Lipinski definition) is 0. The van der Waals surface area contributed by atoms with Crippen molar-refractivity contribution in [3.8, 4) is 0 Å². The first-order valence-corrected chi connectivity index (χ1v) is 8.78. The monoisotopic (exact) mass is 354 g/mol. The smallest absolute Gasteiger partial charge is 0.244 e. The molecule has 4 rings (SSSR count). The molecule has 8 nitrogen and oxygen atoms in total. The van der Waals surface area contributed by atoms with E-state index < -0.39 is 0 Å². The third-order valence-electron chi connectivity index (χ3n) is 4.94. The van der Waals surface area contributed by atoms with Crippen LogP contribution >= 0.6 is 0 Å². The van der Waals surface area contributed by atoms with Crippen molar-refractivity contribution in [2.24, 2.45) is 0 Å². The van der Waals surface area contributed by atoms with Gasteiger partial charge < -0.3 is 9.42 Å². The average molecular weight is 354 g/mol. The summed E-state index contributed by atoms with van der Waals surface area (Å²) in [4.78, 5) is 21.0. The van der Waals surface area contributed by atoms with Crippen LogP contribution in [-0.2, 0) is 17.9 Å². The maximum absolute atomic E-state index is 12.7. The zero-order valence-corrected chi connectivity index (χ0v) is 15.0. The molecule has 0 bridgehead atoms. The van der Waals surface area contributed by atoms with Crippen LogP contribution in [0.1, 0.15) is 18.1 Å². The molecule has 1 aromatic carbocycles. The fourth-order valence-electron chi connectivity index (χ4n) is 3.47. The summed E-state index contributed by atoms with van der Waals surface area (Å²) in [5, 5.41) is 9.34. The van der Waals surface area contributed by atoms with E-state index in [0.717, 1.165) is 23.9 Å². The number of aromatic nitrogens is 4. The van der Waals surface area contributed by atoms with E-state index in [4.69, 9.17) is 4.52 Å². The first-order chi connectivity index (χ1) is 12.6. The molecule has 3 heterocycles. The molecule has 0 saturated carbocycles. The molecule has 8 heteroatoms. The standard InChI is InChI=1S/C18H22N6O2/c1-13-20-17(21-26-13)11-22(2)15-7-8-23(10-15)18(25)12-24-16-6-4-3-5-14(16)9-19-24/h3-6,9,15H,7-8,10-12H2,1-2H3. The Kier molecular flexibility index (Phi) is 4.42. The molecule has 1 amide bonds. The zero-order chi connectivity index (χ0) is 18.1. The molecule has 1 unspecified atom stereocenters. The van der Waals surface area contributed by atoms with E-state index in [9.17, 15) is 4.79 Å². The highest BCUT2D eigenvalue weighted by molar-refractivity contribution is 5.82. The van der Waals surface area contributed by atoms with Gasteiger partial charge in [-0.05, 0) is 19.5 Å². The fraction of sp³-hybridized carbons (Fsp3) is 0.444. The van der Waals surface area contributed by atoms with Crippen molar-refractivity contribution in [1.29, 1.82) is 0 Å². The Bertz CT molecular complexity index is 917. The molecular weight excluding hydrogens is 332 g/mol. The summed E-state index contributed by atoms with van der Waals surface area (Å²) in [5.74, 6) is 1.35. The van der Waals surface area contributed by atoms with Gasteiger partial charge in [-0.15, -0.1) is 0 Å². The molecule has 26 heavy (non-hydrogen) atoms. The molecule has 2 aromatic heterocycles. The molecule has 0 N–H and O–H groups in total. The first kappa shape index (κ1) is 16.7.